The van der Waals surface area contributed by atoms with Gasteiger partial charge in [0.25, 0.3) is 5.91 Å². The van der Waals surface area contributed by atoms with E-state index in [-0.39, 0.29) is 11.7 Å². The van der Waals surface area contributed by atoms with Crippen LogP contribution in [0.1, 0.15) is 38.6 Å². The number of aromatic amines is 1. The third-order valence-corrected chi connectivity index (χ3v) is 5.89. The van der Waals surface area contributed by atoms with Gasteiger partial charge in [-0.25, -0.2) is 4.98 Å². The number of aromatic nitrogens is 3. The Bertz CT molecular complexity index is 800. The normalized spacial score (nSPS) is 23.2. The van der Waals surface area contributed by atoms with Gasteiger partial charge >= 0.3 is 0 Å². The van der Waals surface area contributed by atoms with Crippen LogP contribution in [-0.2, 0) is 6.54 Å². The summed E-state index contributed by atoms with van der Waals surface area (Å²) in [5.41, 5.74) is 1.86. The Balaban J connectivity index is 1.35. The predicted molar refractivity (Wildman–Crippen MR) is 93.6 cm³/mol. The smallest absolute Gasteiger partial charge is 0.271 e. The first-order chi connectivity index (χ1) is 12.0. The molecule has 2 aliphatic rings. The molecule has 0 radical (unpaired) electrons. The van der Waals surface area contributed by atoms with Gasteiger partial charge in [0.2, 0.25) is 0 Å². The predicted octanol–water partition coefficient (Wildman–Crippen LogP) is 1.58. The first-order valence-corrected chi connectivity index (χ1v) is 9.36. The molecular weight excluding hydrogens is 338 g/mol. The van der Waals surface area contributed by atoms with Crippen molar-refractivity contribution in [3.8, 4) is 0 Å². The lowest BCUT2D eigenvalue weighted by Crippen LogP contribution is -2.33. The minimum atomic E-state index is -0.137. The van der Waals surface area contributed by atoms with Crippen molar-refractivity contribution >= 4 is 23.0 Å². The van der Waals surface area contributed by atoms with Crippen LogP contribution < -0.4 is 0 Å². The number of carbonyl (C=O) groups excluding carboxylic acids is 2. The molecular formula is C17H21N5O2S. The van der Waals surface area contributed by atoms with Gasteiger partial charge in [0.05, 0.1) is 10.7 Å². The van der Waals surface area contributed by atoms with Gasteiger partial charge in [0, 0.05) is 45.0 Å². The summed E-state index contributed by atoms with van der Waals surface area (Å²) in [4.78, 5) is 32.8. The zero-order chi connectivity index (χ0) is 17.6. The molecule has 0 spiro atoms. The fraction of sp³-hybridized carbons (Fsp3) is 0.529. The molecule has 132 valence electrons. The Hall–Kier alpha value is -2.06. The first-order valence-electron chi connectivity index (χ1n) is 8.48. The lowest BCUT2D eigenvalue weighted by molar-refractivity contribution is 0.0767. The standard InChI is InChI=1S/C17H21N5O2S/c1-10(23)15-3-16(20-19-15)17(24)22-6-12-4-21(5-13(12)7-22)8-14-9-25-11(2)18-14/h3,9,12-13H,4-8H2,1-2H3,(H,19,20)/t12-,13+. The molecule has 0 unspecified atom stereocenters. The van der Waals surface area contributed by atoms with Crippen LogP contribution >= 0.6 is 11.3 Å². The molecule has 0 saturated carbocycles. The van der Waals surface area contributed by atoms with Crippen molar-refractivity contribution in [1.29, 1.82) is 0 Å². The third kappa shape index (κ3) is 3.23. The quantitative estimate of drug-likeness (QED) is 0.838. The highest BCUT2D eigenvalue weighted by Crippen LogP contribution is 2.32. The molecule has 1 N–H and O–H groups in total. The van der Waals surface area contributed by atoms with Crippen LogP contribution in [0.2, 0.25) is 0 Å². The number of nitrogens with one attached hydrogen (secondary N) is 1. The topological polar surface area (TPSA) is 82.2 Å². The van der Waals surface area contributed by atoms with E-state index in [9.17, 15) is 9.59 Å². The number of Topliss-reactive ketones (excluding diaryl/α,β-unsaturated/α-hetero) is 1. The summed E-state index contributed by atoms with van der Waals surface area (Å²) in [5, 5.41) is 9.83. The largest absolute Gasteiger partial charge is 0.337 e. The molecule has 4 heterocycles. The number of aryl methyl sites for hydroxylation is 1. The summed E-state index contributed by atoms with van der Waals surface area (Å²) in [6, 6.07) is 1.55. The number of hydrogen-bond donors (Lipinski definition) is 1. The number of likely N-dealkylation sites (tertiary alicyclic amines) is 2. The highest BCUT2D eigenvalue weighted by atomic mass is 32.1. The summed E-state index contributed by atoms with van der Waals surface area (Å²) in [5.74, 6) is 0.829. The molecule has 2 aromatic heterocycles. The molecule has 2 fully saturated rings. The highest BCUT2D eigenvalue weighted by Gasteiger charge is 2.42. The van der Waals surface area contributed by atoms with Crippen molar-refractivity contribution in [1.82, 2.24) is 25.0 Å². The number of rotatable bonds is 4. The van der Waals surface area contributed by atoms with Gasteiger partial charge < -0.3 is 4.90 Å². The van der Waals surface area contributed by atoms with E-state index in [1.54, 1.807) is 17.4 Å². The van der Waals surface area contributed by atoms with Gasteiger partial charge in [0.15, 0.2) is 5.78 Å². The molecule has 8 heteroatoms. The molecule has 0 aromatic carbocycles. The second kappa shape index (κ2) is 6.34. The minimum absolute atomic E-state index is 0.0592. The summed E-state index contributed by atoms with van der Waals surface area (Å²) in [6.07, 6.45) is 0. The molecule has 2 saturated heterocycles. The molecule has 2 atom stereocenters. The van der Waals surface area contributed by atoms with Crippen LogP contribution in [-0.4, -0.2) is 62.9 Å². The van der Waals surface area contributed by atoms with E-state index >= 15 is 0 Å². The highest BCUT2D eigenvalue weighted by molar-refractivity contribution is 7.09. The monoisotopic (exact) mass is 359 g/mol. The zero-order valence-corrected chi connectivity index (χ0v) is 15.2. The van der Waals surface area contributed by atoms with E-state index < -0.39 is 0 Å². The maximum atomic E-state index is 12.6. The van der Waals surface area contributed by atoms with Crippen molar-refractivity contribution in [2.24, 2.45) is 11.8 Å². The number of nitrogens with zero attached hydrogens (tertiary/aromatic N) is 4. The molecule has 2 aromatic rings. The molecule has 0 bridgehead atoms. The van der Waals surface area contributed by atoms with Crippen molar-refractivity contribution < 1.29 is 9.59 Å². The van der Waals surface area contributed by atoms with E-state index in [4.69, 9.17) is 0 Å². The lowest BCUT2D eigenvalue weighted by Gasteiger charge is -2.20. The van der Waals surface area contributed by atoms with Crippen LogP contribution in [0.5, 0.6) is 0 Å². The third-order valence-electron chi connectivity index (χ3n) is 5.07. The zero-order valence-electron chi connectivity index (χ0n) is 14.4. The van der Waals surface area contributed by atoms with Crippen LogP contribution in [0.25, 0.3) is 0 Å². The summed E-state index contributed by atoms with van der Waals surface area (Å²) >= 11 is 1.69. The van der Waals surface area contributed by atoms with Crippen molar-refractivity contribution in [2.45, 2.75) is 20.4 Å². The van der Waals surface area contributed by atoms with E-state index in [2.05, 4.69) is 25.5 Å². The molecule has 25 heavy (non-hydrogen) atoms. The number of fused-ring (bicyclic) bond motifs is 1. The molecule has 7 nitrogen and oxygen atoms in total. The van der Waals surface area contributed by atoms with E-state index in [1.165, 1.54) is 6.92 Å². The Morgan fingerprint density at radius 1 is 1.28 bits per heavy atom. The molecule has 1 amide bonds. The van der Waals surface area contributed by atoms with Crippen LogP contribution in [0.15, 0.2) is 11.4 Å². The van der Waals surface area contributed by atoms with Crippen molar-refractivity contribution in [3.63, 3.8) is 0 Å². The molecule has 2 aliphatic heterocycles. The van der Waals surface area contributed by atoms with Gasteiger partial charge in [-0.1, -0.05) is 0 Å². The lowest BCUT2D eigenvalue weighted by atomic mass is 10.0. The van der Waals surface area contributed by atoms with Crippen molar-refractivity contribution in [3.05, 3.63) is 33.5 Å². The minimum Gasteiger partial charge on any atom is -0.337 e. The fourth-order valence-electron chi connectivity index (χ4n) is 3.88. The Morgan fingerprint density at radius 3 is 2.56 bits per heavy atom. The van der Waals surface area contributed by atoms with E-state index in [0.717, 1.165) is 43.4 Å². The number of hydrogen-bond acceptors (Lipinski definition) is 6. The number of thiazole rings is 1. The second-order valence-electron chi connectivity index (χ2n) is 7.01. The molecule has 4 rings (SSSR count). The van der Waals surface area contributed by atoms with Crippen LogP contribution in [0.4, 0.5) is 0 Å². The summed E-state index contributed by atoms with van der Waals surface area (Å²) < 4.78 is 0. The summed E-state index contributed by atoms with van der Waals surface area (Å²) in [7, 11) is 0. The Labute approximate surface area is 150 Å². The van der Waals surface area contributed by atoms with Crippen LogP contribution in [0, 0.1) is 18.8 Å². The second-order valence-corrected chi connectivity index (χ2v) is 8.07. The van der Waals surface area contributed by atoms with Gasteiger partial charge in [-0.3, -0.25) is 19.6 Å². The maximum absolute atomic E-state index is 12.6. The fourth-order valence-corrected chi connectivity index (χ4v) is 4.48. The van der Waals surface area contributed by atoms with Crippen LogP contribution in [0.3, 0.4) is 0 Å². The van der Waals surface area contributed by atoms with Gasteiger partial charge in [0.1, 0.15) is 11.4 Å². The van der Waals surface area contributed by atoms with Gasteiger partial charge in [-0.2, -0.15) is 5.10 Å². The van der Waals surface area contributed by atoms with Gasteiger partial charge in [-0.15, -0.1) is 11.3 Å². The van der Waals surface area contributed by atoms with E-state index in [0.29, 0.717) is 23.2 Å². The van der Waals surface area contributed by atoms with Crippen molar-refractivity contribution in [2.75, 3.05) is 26.2 Å². The number of H-pyrrole nitrogens is 1. The number of amides is 1. The van der Waals surface area contributed by atoms with Gasteiger partial charge in [-0.05, 0) is 24.8 Å². The number of ketones is 1. The first kappa shape index (κ1) is 16.4. The summed E-state index contributed by atoms with van der Waals surface area (Å²) in [6.45, 7) is 7.93. The average Bonchev–Trinajstić information content (AvgIpc) is 3.29. The SMILES string of the molecule is CC(=O)c1cc(C(=O)N2C[C@H]3CN(Cc4csc(C)n4)C[C@H]3C2)[nH]n1. The maximum Gasteiger partial charge on any atom is 0.271 e. The number of carbonyl (C=O) groups is 2. The molecule has 0 aliphatic carbocycles. The average molecular weight is 359 g/mol. The van der Waals surface area contributed by atoms with E-state index in [1.807, 2.05) is 11.8 Å². The Morgan fingerprint density at radius 2 is 2.00 bits per heavy atom. The Kier molecular flexibility index (Phi) is 4.16.